The molecular formula is C21H14F3N7S. The second kappa shape index (κ2) is 8.08. The zero-order valence-electron chi connectivity index (χ0n) is 16.3. The molecule has 0 spiro atoms. The Balaban J connectivity index is 1.39. The van der Waals surface area contributed by atoms with Gasteiger partial charge in [-0.05, 0) is 21.9 Å². The summed E-state index contributed by atoms with van der Waals surface area (Å²) in [6.07, 6.45) is -3.09. The summed E-state index contributed by atoms with van der Waals surface area (Å²) in [5.41, 5.74) is 2.96. The topological polar surface area (TPSA) is 84.7 Å². The normalized spacial score (nSPS) is 11.8. The molecule has 0 saturated heterocycles. The maximum atomic E-state index is 13.2. The number of rotatable bonds is 5. The Morgan fingerprint density at radius 3 is 2.47 bits per heavy atom. The highest BCUT2D eigenvalue weighted by molar-refractivity contribution is 7.98. The number of thioether (sulfide) groups is 1. The molecule has 0 unspecified atom stereocenters. The summed E-state index contributed by atoms with van der Waals surface area (Å²) in [5.74, 6) is 0.977. The van der Waals surface area contributed by atoms with Gasteiger partial charge in [-0.1, -0.05) is 48.5 Å². The van der Waals surface area contributed by atoms with E-state index in [2.05, 4.69) is 30.7 Å². The first-order chi connectivity index (χ1) is 15.5. The fraction of sp³-hybridized carbons (Fsp3) is 0.0952. The molecule has 0 bridgehead atoms. The lowest BCUT2D eigenvalue weighted by Crippen LogP contribution is -2.10. The van der Waals surface area contributed by atoms with Crippen LogP contribution in [0.15, 0.2) is 71.9 Å². The lowest BCUT2D eigenvalue weighted by molar-refractivity contribution is -0.141. The summed E-state index contributed by atoms with van der Waals surface area (Å²) in [6.45, 7) is 0. The van der Waals surface area contributed by atoms with Crippen molar-refractivity contribution in [1.29, 1.82) is 0 Å². The first-order valence-corrected chi connectivity index (χ1v) is 10.4. The van der Waals surface area contributed by atoms with Gasteiger partial charge in [0.25, 0.3) is 0 Å². The van der Waals surface area contributed by atoms with Crippen molar-refractivity contribution in [2.45, 2.75) is 17.0 Å². The molecule has 0 atom stereocenters. The van der Waals surface area contributed by atoms with Gasteiger partial charge in [0.1, 0.15) is 10.7 Å². The fourth-order valence-corrected chi connectivity index (χ4v) is 4.24. The Bertz CT molecular complexity index is 1360. The van der Waals surface area contributed by atoms with Crippen molar-refractivity contribution in [1.82, 2.24) is 35.2 Å². The highest BCUT2D eigenvalue weighted by Gasteiger charge is 2.33. The van der Waals surface area contributed by atoms with Crippen LogP contribution in [0, 0.1) is 0 Å². The number of tetrazole rings is 1. The van der Waals surface area contributed by atoms with Crippen molar-refractivity contribution in [2.24, 2.45) is 0 Å². The number of hydrogen-bond acceptors (Lipinski definition) is 6. The fourth-order valence-electron chi connectivity index (χ4n) is 3.28. The summed E-state index contributed by atoms with van der Waals surface area (Å²) in [6, 6.07) is 18.0. The van der Waals surface area contributed by atoms with Crippen molar-refractivity contribution in [3.05, 3.63) is 78.1 Å². The van der Waals surface area contributed by atoms with Crippen LogP contribution < -0.4 is 0 Å². The first kappa shape index (κ1) is 20.2. The number of alkyl halides is 3. The molecule has 0 aliphatic carbocycles. The van der Waals surface area contributed by atoms with E-state index in [1.165, 1.54) is 28.5 Å². The molecule has 5 aromatic rings. The van der Waals surface area contributed by atoms with Gasteiger partial charge in [-0.25, -0.2) is 9.50 Å². The largest absolute Gasteiger partial charge is 0.433 e. The molecule has 3 aromatic heterocycles. The lowest BCUT2D eigenvalue weighted by Gasteiger charge is -2.11. The predicted octanol–water partition coefficient (Wildman–Crippen LogP) is 4.89. The molecule has 0 amide bonds. The van der Waals surface area contributed by atoms with Crippen LogP contribution in [0.3, 0.4) is 0 Å². The molecule has 0 aliphatic rings. The molecule has 0 radical (unpaired) electrons. The van der Waals surface area contributed by atoms with E-state index >= 15 is 0 Å². The number of benzene rings is 2. The van der Waals surface area contributed by atoms with Gasteiger partial charge in [-0.3, -0.25) is 0 Å². The van der Waals surface area contributed by atoms with E-state index in [1.807, 2.05) is 48.5 Å². The molecule has 7 nitrogen and oxygen atoms in total. The second-order valence-electron chi connectivity index (χ2n) is 6.85. The molecule has 1 N–H and O–H groups in total. The van der Waals surface area contributed by atoms with Crippen LogP contribution in [0.25, 0.3) is 28.2 Å². The molecule has 32 heavy (non-hydrogen) atoms. The SMILES string of the molecule is FC(F)(F)c1cc(SCc2ccc(-c3ccccc3-c3nn[nH]n3)cc2)n2nccc2n1. The number of halogens is 3. The van der Waals surface area contributed by atoms with Crippen molar-refractivity contribution < 1.29 is 13.2 Å². The minimum atomic E-state index is -4.52. The number of fused-ring (bicyclic) bond motifs is 1. The summed E-state index contributed by atoms with van der Waals surface area (Å²) < 4.78 is 41.0. The number of hydrogen-bond donors (Lipinski definition) is 1. The number of nitrogens with zero attached hydrogens (tertiary/aromatic N) is 6. The van der Waals surface area contributed by atoms with Gasteiger partial charge in [0, 0.05) is 23.4 Å². The third-order valence-corrected chi connectivity index (χ3v) is 5.85. The van der Waals surface area contributed by atoms with Crippen LogP contribution in [0.4, 0.5) is 13.2 Å². The van der Waals surface area contributed by atoms with Gasteiger partial charge in [0.2, 0.25) is 5.82 Å². The number of nitrogens with one attached hydrogen (secondary N) is 1. The van der Waals surface area contributed by atoms with Crippen LogP contribution in [-0.2, 0) is 11.9 Å². The summed E-state index contributed by atoms with van der Waals surface area (Å²) in [4.78, 5) is 3.64. The van der Waals surface area contributed by atoms with E-state index in [4.69, 9.17) is 0 Å². The zero-order chi connectivity index (χ0) is 22.1. The van der Waals surface area contributed by atoms with Crippen molar-refractivity contribution >= 4 is 17.4 Å². The minimum Gasteiger partial charge on any atom is -0.224 e. The Kier molecular flexibility index (Phi) is 5.10. The summed E-state index contributed by atoms with van der Waals surface area (Å²) >= 11 is 1.27. The Labute approximate surface area is 183 Å². The Morgan fingerprint density at radius 1 is 0.969 bits per heavy atom. The molecule has 0 fully saturated rings. The van der Waals surface area contributed by atoms with E-state index in [0.717, 1.165) is 28.3 Å². The number of aromatic amines is 1. The minimum absolute atomic E-state index is 0.163. The standard InChI is InChI=1S/C21H14F3N7S/c22-21(23,24)17-11-19(31-18(26-17)9-10-25-31)32-12-13-5-7-14(8-6-13)15-3-1-2-4-16(15)20-27-29-30-28-20/h1-11H,12H2,(H,27,28,29,30). The third kappa shape index (κ3) is 3.94. The molecule has 2 aromatic carbocycles. The molecular weight excluding hydrogens is 439 g/mol. The average Bonchev–Trinajstić information content (AvgIpc) is 3.49. The maximum absolute atomic E-state index is 13.2. The van der Waals surface area contributed by atoms with Gasteiger partial charge in [0.05, 0.1) is 6.20 Å². The number of H-pyrrole nitrogens is 1. The number of aromatic nitrogens is 7. The van der Waals surface area contributed by atoms with Gasteiger partial charge in [0.15, 0.2) is 5.65 Å². The summed E-state index contributed by atoms with van der Waals surface area (Å²) in [7, 11) is 0. The second-order valence-corrected chi connectivity index (χ2v) is 7.84. The maximum Gasteiger partial charge on any atom is 0.433 e. The van der Waals surface area contributed by atoms with Gasteiger partial charge in [-0.15, -0.1) is 22.0 Å². The van der Waals surface area contributed by atoms with E-state index in [1.54, 1.807) is 0 Å². The van der Waals surface area contributed by atoms with E-state index in [9.17, 15) is 13.2 Å². The molecule has 0 aliphatic heterocycles. The van der Waals surface area contributed by atoms with Gasteiger partial charge in [-0.2, -0.15) is 23.5 Å². The molecule has 160 valence electrons. The van der Waals surface area contributed by atoms with Crippen LogP contribution >= 0.6 is 11.8 Å². The first-order valence-electron chi connectivity index (χ1n) is 9.46. The van der Waals surface area contributed by atoms with Crippen molar-refractivity contribution in [3.63, 3.8) is 0 Å². The molecule has 11 heteroatoms. The van der Waals surface area contributed by atoms with Crippen molar-refractivity contribution in [2.75, 3.05) is 0 Å². The molecule has 0 saturated carbocycles. The van der Waals surface area contributed by atoms with E-state index < -0.39 is 11.9 Å². The lowest BCUT2D eigenvalue weighted by atomic mass is 9.98. The summed E-state index contributed by atoms with van der Waals surface area (Å²) in [5, 5.41) is 18.6. The molecule has 5 rings (SSSR count). The van der Waals surface area contributed by atoms with Gasteiger partial charge >= 0.3 is 6.18 Å². The van der Waals surface area contributed by atoms with Crippen LogP contribution in [0.1, 0.15) is 11.3 Å². The van der Waals surface area contributed by atoms with Crippen LogP contribution in [-0.4, -0.2) is 35.2 Å². The average molecular weight is 453 g/mol. The third-order valence-electron chi connectivity index (χ3n) is 4.78. The highest BCUT2D eigenvalue weighted by atomic mass is 32.2. The quantitative estimate of drug-likeness (QED) is 0.301. The Hall–Kier alpha value is -3.73. The highest BCUT2D eigenvalue weighted by Crippen LogP contribution is 2.33. The predicted molar refractivity (Wildman–Crippen MR) is 113 cm³/mol. The smallest absolute Gasteiger partial charge is 0.224 e. The van der Waals surface area contributed by atoms with Crippen LogP contribution in [0.2, 0.25) is 0 Å². The Morgan fingerprint density at radius 2 is 1.75 bits per heavy atom. The molecule has 3 heterocycles. The van der Waals surface area contributed by atoms with Crippen molar-refractivity contribution in [3.8, 4) is 22.5 Å². The van der Waals surface area contributed by atoms with E-state index in [-0.39, 0.29) is 5.65 Å². The van der Waals surface area contributed by atoms with Crippen LogP contribution in [0.5, 0.6) is 0 Å². The zero-order valence-corrected chi connectivity index (χ0v) is 17.1. The van der Waals surface area contributed by atoms with E-state index in [0.29, 0.717) is 16.6 Å². The van der Waals surface area contributed by atoms with Gasteiger partial charge < -0.3 is 0 Å². The monoisotopic (exact) mass is 453 g/mol.